The van der Waals surface area contributed by atoms with Gasteiger partial charge in [0.15, 0.2) is 11.5 Å². The number of ether oxygens (including phenoxy) is 2. The molecule has 2 fully saturated rings. The number of urea groups is 1. The first-order valence-corrected chi connectivity index (χ1v) is 11.9. The number of carbonyl (C=O) groups is 3. The van der Waals surface area contributed by atoms with Gasteiger partial charge in [-0.3, -0.25) is 14.5 Å². The van der Waals surface area contributed by atoms with Crippen LogP contribution in [0.5, 0.6) is 11.5 Å². The SMILES string of the molecule is CC1(c2ccc3c(c2)OCCO3)NC(=O)N(CC(=O)N(c2ccccc2)C2CCCCC2)C1=O. The smallest absolute Gasteiger partial charge is 0.325 e. The molecule has 8 heteroatoms. The van der Waals surface area contributed by atoms with Crippen LogP contribution >= 0.6 is 0 Å². The number of nitrogens with one attached hydrogen (secondary N) is 1. The maximum absolute atomic E-state index is 13.5. The summed E-state index contributed by atoms with van der Waals surface area (Å²) in [4.78, 5) is 42.7. The van der Waals surface area contributed by atoms with Crippen molar-refractivity contribution >= 4 is 23.5 Å². The molecule has 34 heavy (non-hydrogen) atoms. The van der Waals surface area contributed by atoms with Gasteiger partial charge in [0.1, 0.15) is 25.3 Å². The molecule has 1 saturated heterocycles. The van der Waals surface area contributed by atoms with E-state index in [0.29, 0.717) is 30.3 Å². The molecule has 2 aromatic carbocycles. The molecule has 178 valence electrons. The Morgan fingerprint density at radius 1 is 1.03 bits per heavy atom. The highest BCUT2D eigenvalue weighted by atomic mass is 16.6. The molecule has 1 saturated carbocycles. The Balaban J connectivity index is 1.39. The van der Waals surface area contributed by atoms with Crippen LogP contribution in [-0.4, -0.2) is 48.5 Å². The number of para-hydroxylation sites is 1. The molecule has 2 aliphatic heterocycles. The lowest BCUT2D eigenvalue weighted by atomic mass is 9.91. The van der Waals surface area contributed by atoms with Crippen LogP contribution in [0.15, 0.2) is 48.5 Å². The molecule has 0 bridgehead atoms. The van der Waals surface area contributed by atoms with Gasteiger partial charge in [0.05, 0.1) is 0 Å². The summed E-state index contributed by atoms with van der Waals surface area (Å²) in [7, 11) is 0. The molecule has 1 unspecified atom stereocenters. The van der Waals surface area contributed by atoms with Crippen LogP contribution in [-0.2, 0) is 15.1 Å². The molecule has 1 atom stereocenters. The van der Waals surface area contributed by atoms with Gasteiger partial charge in [-0.25, -0.2) is 4.79 Å². The third kappa shape index (κ3) is 3.97. The Morgan fingerprint density at radius 2 is 1.74 bits per heavy atom. The third-order valence-corrected chi connectivity index (χ3v) is 6.93. The van der Waals surface area contributed by atoms with E-state index in [2.05, 4.69) is 5.32 Å². The first kappa shape index (κ1) is 22.3. The standard InChI is InChI=1S/C26H29N3O5/c1-26(18-12-13-21-22(16-18)34-15-14-33-21)24(31)28(25(32)27-26)17-23(30)29(19-8-4-2-5-9-19)20-10-6-3-7-11-20/h2,4-5,8-9,12-13,16,20H,3,6-7,10-11,14-15,17H2,1H3,(H,27,32). The Bertz CT molecular complexity index is 1100. The van der Waals surface area contributed by atoms with Crippen LogP contribution in [0.4, 0.5) is 10.5 Å². The van der Waals surface area contributed by atoms with E-state index in [9.17, 15) is 14.4 Å². The van der Waals surface area contributed by atoms with E-state index in [1.165, 1.54) is 0 Å². The van der Waals surface area contributed by atoms with Crippen LogP contribution in [0.25, 0.3) is 0 Å². The van der Waals surface area contributed by atoms with Crippen molar-refractivity contribution in [2.75, 3.05) is 24.7 Å². The first-order chi connectivity index (χ1) is 16.5. The molecule has 8 nitrogen and oxygen atoms in total. The summed E-state index contributed by atoms with van der Waals surface area (Å²) in [6.45, 7) is 2.23. The predicted molar refractivity (Wildman–Crippen MR) is 126 cm³/mol. The Labute approximate surface area is 198 Å². The molecule has 2 heterocycles. The van der Waals surface area contributed by atoms with Crippen LogP contribution in [0.1, 0.15) is 44.6 Å². The first-order valence-electron chi connectivity index (χ1n) is 11.9. The molecule has 0 radical (unpaired) electrons. The normalized spacial score (nSPS) is 22.4. The lowest BCUT2D eigenvalue weighted by Gasteiger charge is -2.35. The zero-order chi connectivity index (χ0) is 23.7. The molecule has 5 rings (SSSR count). The van der Waals surface area contributed by atoms with Crippen LogP contribution < -0.4 is 19.7 Å². The van der Waals surface area contributed by atoms with E-state index in [1.54, 1.807) is 30.0 Å². The molecule has 0 aromatic heterocycles. The number of anilines is 1. The number of rotatable bonds is 5. The fraction of sp³-hybridized carbons (Fsp3) is 0.423. The lowest BCUT2D eigenvalue weighted by molar-refractivity contribution is -0.134. The summed E-state index contributed by atoms with van der Waals surface area (Å²) >= 11 is 0. The summed E-state index contributed by atoms with van der Waals surface area (Å²) in [6, 6.07) is 14.2. The van der Waals surface area contributed by atoms with E-state index < -0.39 is 17.5 Å². The minimum atomic E-state index is -1.30. The summed E-state index contributed by atoms with van der Waals surface area (Å²) in [6.07, 6.45) is 5.11. The molecule has 3 aliphatic rings. The van der Waals surface area contributed by atoms with Gasteiger partial charge in [-0.1, -0.05) is 43.5 Å². The summed E-state index contributed by atoms with van der Waals surface area (Å²) < 4.78 is 11.2. The Morgan fingerprint density at radius 3 is 2.47 bits per heavy atom. The maximum atomic E-state index is 13.5. The van der Waals surface area contributed by atoms with Crippen molar-refractivity contribution in [2.24, 2.45) is 0 Å². The second-order valence-corrected chi connectivity index (χ2v) is 9.20. The number of benzene rings is 2. The molecular weight excluding hydrogens is 434 g/mol. The van der Waals surface area contributed by atoms with Crippen molar-refractivity contribution in [3.8, 4) is 11.5 Å². The van der Waals surface area contributed by atoms with E-state index >= 15 is 0 Å². The number of hydrogen-bond donors (Lipinski definition) is 1. The number of amides is 4. The van der Waals surface area contributed by atoms with Crippen LogP contribution in [0, 0.1) is 0 Å². The van der Waals surface area contributed by atoms with Crippen molar-refractivity contribution in [3.05, 3.63) is 54.1 Å². The van der Waals surface area contributed by atoms with Crippen LogP contribution in [0.3, 0.4) is 0 Å². The molecule has 4 amide bonds. The summed E-state index contributed by atoms with van der Waals surface area (Å²) in [5, 5.41) is 2.79. The quantitative estimate of drug-likeness (QED) is 0.685. The number of nitrogens with zero attached hydrogens (tertiary/aromatic N) is 2. The number of imide groups is 1. The highest BCUT2D eigenvalue weighted by Gasteiger charge is 2.50. The minimum absolute atomic E-state index is 0.0635. The molecule has 0 spiro atoms. The average Bonchev–Trinajstić information content (AvgIpc) is 3.09. The van der Waals surface area contributed by atoms with Gasteiger partial charge >= 0.3 is 6.03 Å². The van der Waals surface area contributed by atoms with Crippen molar-refractivity contribution in [1.29, 1.82) is 0 Å². The van der Waals surface area contributed by atoms with Gasteiger partial charge in [-0.2, -0.15) is 0 Å². The van der Waals surface area contributed by atoms with Gasteiger partial charge < -0.3 is 19.7 Å². The summed E-state index contributed by atoms with van der Waals surface area (Å²) in [5.41, 5.74) is 0.0774. The Kier molecular flexibility index (Phi) is 5.89. The number of carbonyl (C=O) groups excluding carboxylic acids is 3. The fourth-order valence-electron chi connectivity index (χ4n) is 5.09. The van der Waals surface area contributed by atoms with Crippen LogP contribution in [0.2, 0.25) is 0 Å². The maximum Gasteiger partial charge on any atom is 0.325 e. The zero-order valence-electron chi connectivity index (χ0n) is 19.3. The lowest BCUT2D eigenvalue weighted by Crippen LogP contribution is -2.48. The van der Waals surface area contributed by atoms with Gasteiger partial charge in [0, 0.05) is 11.7 Å². The van der Waals surface area contributed by atoms with Crippen molar-refractivity contribution in [2.45, 2.75) is 50.6 Å². The molecule has 1 N–H and O–H groups in total. The largest absolute Gasteiger partial charge is 0.486 e. The second-order valence-electron chi connectivity index (χ2n) is 9.20. The van der Waals surface area contributed by atoms with E-state index in [4.69, 9.17) is 9.47 Å². The summed E-state index contributed by atoms with van der Waals surface area (Å²) in [5.74, 6) is 0.426. The molecular formula is C26H29N3O5. The topological polar surface area (TPSA) is 88.2 Å². The molecule has 2 aromatic rings. The third-order valence-electron chi connectivity index (χ3n) is 6.93. The molecule has 1 aliphatic carbocycles. The zero-order valence-corrected chi connectivity index (χ0v) is 19.3. The van der Waals surface area contributed by atoms with Gasteiger partial charge in [0.2, 0.25) is 5.91 Å². The monoisotopic (exact) mass is 463 g/mol. The number of fused-ring (bicyclic) bond motifs is 1. The highest BCUT2D eigenvalue weighted by molar-refractivity contribution is 6.10. The Hall–Kier alpha value is -3.55. The van der Waals surface area contributed by atoms with E-state index in [-0.39, 0.29) is 18.5 Å². The average molecular weight is 464 g/mol. The van der Waals surface area contributed by atoms with Crippen molar-refractivity contribution in [1.82, 2.24) is 10.2 Å². The van der Waals surface area contributed by atoms with E-state index in [0.717, 1.165) is 42.7 Å². The number of hydrogen-bond acceptors (Lipinski definition) is 5. The fourth-order valence-corrected chi connectivity index (χ4v) is 5.09. The van der Waals surface area contributed by atoms with Crippen molar-refractivity contribution < 1.29 is 23.9 Å². The van der Waals surface area contributed by atoms with Crippen molar-refractivity contribution in [3.63, 3.8) is 0 Å². The van der Waals surface area contributed by atoms with Gasteiger partial charge in [-0.15, -0.1) is 0 Å². The predicted octanol–water partition coefficient (Wildman–Crippen LogP) is 3.59. The highest BCUT2D eigenvalue weighted by Crippen LogP contribution is 2.37. The van der Waals surface area contributed by atoms with Gasteiger partial charge in [-0.05, 0) is 49.6 Å². The van der Waals surface area contributed by atoms with Gasteiger partial charge in [0.25, 0.3) is 5.91 Å². The van der Waals surface area contributed by atoms with E-state index in [1.807, 2.05) is 30.3 Å². The minimum Gasteiger partial charge on any atom is -0.486 e. The second kappa shape index (κ2) is 9.00.